The van der Waals surface area contributed by atoms with Crippen molar-refractivity contribution < 1.29 is 89.0 Å². The highest BCUT2D eigenvalue weighted by molar-refractivity contribution is 5.87. The summed E-state index contributed by atoms with van der Waals surface area (Å²) in [6.07, 6.45) is -21.4. The van der Waals surface area contributed by atoms with Crippen LogP contribution in [0.2, 0.25) is 0 Å². The summed E-state index contributed by atoms with van der Waals surface area (Å²) in [7, 11) is 0. The maximum atomic E-state index is 13.3. The molecule has 0 bridgehead atoms. The third-order valence-corrected chi connectivity index (χ3v) is 9.17. The van der Waals surface area contributed by atoms with E-state index in [4.69, 9.17) is 33.2 Å². The van der Waals surface area contributed by atoms with Gasteiger partial charge < -0.3 is 84.2 Å². The second kappa shape index (κ2) is 18.3. The first-order chi connectivity index (χ1) is 25.3. The van der Waals surface area contributed by atoms with Gasteiger partial charge in [0.05, 0.1) is 25.9 Å². The van der Waals surface area contributed by atoms with E-state index in [2.05, 4.69) is 0 Å². The molecule has 3 fully saturated rings. The number of hydrogen-bond donors (Lipinski definition) is 10. The zero-order valence-corrected chi connectivity index (χ0v) is 28.5. The molecule has 3 saturated heterocycles. The molecule has 2 aromatic carbocycles. The van der Waals surface area contributed by atoms with Gasteiger partial charge in [-0.3, -0.25) is 0 Å². The minimum Gasteiger partial charge on any atom is -0.504 e. The molecule has 0 spiro atoms. The molecule has 0 aromatic heterocycles. The Morgan fingerprint density at radius 3 is 2.08 bits per heavy atom. The predicted molar refractivity (Wildman–Crippen MR) is 176 cm³/mol. The average Bonchev–Trinajstić information content (AvgIpc) is 3.15. The molecule has 0 amide bonds. The van der Waals surface area contributed by atoms with E-state index in [0.717, 1.165) is 11.6 Å². The van der Waals surface area contributed by atoms with Crippen molar-refractivity contribution in [3.8, 4) is 11.5 Å². The van der Waals surface area contributed by atoms with Crippen LogP contribution < -0.4 is 0 Å². The van der Waals surface area contributed by atoms with Crippen LogP contribution in [0.1, 0.15) is 18.1 Å². The van der Waals surface area contributed by atoms with Crippen molar-refractivity contribution in [3.05, 3.63) is 65.7 Å². The van der Waals surface area contributed by atoms with Crippen LogP contribution >= 0.6 is 0 Å². The number of phenolic OH excluding ortho intramolecular Hbond substituents is 2. The number of esters is 1. The lowest BCUT2D eigenvalue weighted by atomic mass is 9.96. The number of carbonyl (C=O) groups excluding carboxylic acids is 1. The molecule has 10 N–H and O–H groups in total. The van der Waals surface area contributed by atoms with Gasteiger partial charge in [0.2, 0.25) is 0 Å². The van der Waals surface area contributed by atoms with Crippen molar-refractivity contribution in [3.63, 3.8) is 0 Å². The van der Waals surface area contributed by atoms with E-state index in [0.29, 0.717) is 12.0 Å². The third kappa shape index (κ3) is 9.87. The van der Waals surface area contributed by atoms with Crippen LogP contribution in [-0.2, 0) is 44.4 Å². The largest absolute Gasteiger partial charge is 0.504 e. The van der Waals surface area contributed by atoms with Crippen LogP contribution in [-0.4, -0.2) is 169 Å². The highest BCUT2D eigenvalue weighted by Gasteiger charge is 2.53. The Morgan fingerprint density at radius 2 is 1.38 bits per heavy atom. The lowest BCUT2D eigenvalue weighted by Gasteiger charge is -2.47. The van der Waals surface area contributed by atoms with Crippen molar-refractivity contribution in [1.82, 2.24) is 0 Å². The molecule has 53 heavy (non-hydrogen) atoms. The van der Waals surface area contributed by atoms with Crippen LogP contribution in [0.3, 0.4) is 0 Å². The number of aromatic hydroxyl groups is 2. The Kier molecular flexibility index (Phi) is 14.1. The minimum absolute atomic E-state index is 0.00983. The number of aliphatic hydroxyl groups excluding tert-OH is 8. The summed E-state index contributed by atoms with van der Waals surface area (Å²) in [5, 5.41) is 103. The molecular weight excluding hydrogens is 708 g/mol. The summed E-state index contributed by atoms with van der Waals surface area (Å²) < 4.78 is 40.4. The van der Waals surface area contributed by atoms with Crippen LogP contribution in [0.5, 0.6) is 11.5 Å². The highest BCUT2D eigenvalue weighted by atomic mass is 16.8. The van der Waals surface area contributed by atoms with Crippen LogP contribution in [0.25, 0.3) is 6.08 Å². The van der Waals surface area contributed by atoms with E-state index in [1.165, 1.54) is 31.2 Å². The van der Waals surface area contributed by atoms with E-state index in [9.17, 15) is 55.9 Å². The quantitative estimate of drug-likeness (QED) is 0.0570. The molecule has 3 aliphatic heterocycles. The van der Waals surface area contributed by atoms with Crippen LogP contribution in [0.15, 0.2) is 54.6 Å². The monoisotopic (exact) mass is 754 g/mol. The number of rotatable bonds is 13. The van der Waals surface area contributed by atoms with E-state index < -0.39 is 117 Å². The van der Waals surface area contributed by atoms with Crippen LogP contribution in [0.4, 0.5) is 0 Å². The molecule has 2 aromatic rings. The van der Waals surface area contributed by atoms with Crippen LogP contribution in [0, 0.1) is 0 Å². The van der Waals surface area contributed by atoms with Gasteiger partial charge in [0.25, 0.3) is 0 Å². The van der Waals surface area contributed by atoms with Gasteiger partial charge in [-0.2, -0.15) is 0 Å². The van der Waals surface area contributed by atoms with Gasteiger partial charge in [0.15, 0.2) is 36.5 Å². The first kappa shape index (κ1) is 40.9. The second-order valence-electron chi connectivity index (χ2n) is 12.9. The van der Waals surface area contributed by atoms with Gasteiger partial charge in [-0.15, -0.1) is 0 Å². The first-order valence-electron chi connectivity index (χ1n) is 17.0. The van der Waals surface area contributed by atoms with Crippen molar-refractivity contribution in [2.75, 3.05) is 19.8 Å². The Bertz CT molecular complexity index is 1490. The molecular formula is C35H46O18. The molecule has 294 valence electrons. The molecule has 0 radical (unpaired) electrons. The lowest BCUT2D eigenvalue weighted by molar-refractivity contribution is -0.364. The number of aliphatic hydroxyl groups is 8. The summed E-state index contributed by atoms with van der Waals surface area (Å²) >= 11 is 0. The van der Waals surface area contributed by atoms with Crippen molar-refractivity contribution in [1.29, 1.82) is 0 Å². The minimum atomic E-state index is -1.84. The fourth-order valence-electron chi connectivity index (χ4n) is 6.06. The van der Waals surface area contributed by atoms with E-state index in [-0.39, 0.29) is 12.4 Å². The van der Waals surface area contributed by atoms with E-state index in [1.807, 2.05) is 30.3 Å². The first-order valence-corrected chi connectivity index (χ1v) is 17.0. The number of carbonyl (C=O) groups is 1. The summed E-state index contributed by atoms with van der Waals surface area (Å²) in [6, 6.07) is 13.0. The molecule has 3 heterocycles. The van der Waals surface area contributed by atoms with Crippen molar-refractivity contribution in [2.45, 2.75) is 105 Å². The van der Waals surface area contributed by atoms with Gasteiger partial charge in [-0.05, 0) is 42.7 Å². The topological polar surface area (TPSA) is 284 Å². The summed E-state index contributed by atoms with van der Waals surface area (Å²) in [5.74, 6) is -1.88. The Morgan fingerprint density at radius 1 is 0.717 bits per heavy atom. The Balaban J connectivity index is 1.43. The highest BCUT2D eigenvalue weighted by Crippen LogP contribution is 2.33. The molecule has 15 unspecified atom stereocenters. The molecule has 18 heteroatoms. The number of ether oxygens (including phenoxy) is 7. The van der Waals surface area contributed by atoms with E-state index >= 15 is 0 Å². The summed E-state index contributed by atoms with van der Waals surface area (Å²) in [4.78, 5) is 13.3. The molecule has 18 nitrogen and oxygen atoms in total. The number of hydrogen-bond acceptors (Lipinski definition) is 18. The lowest BCUT2D eigenvalue weighted by Crippen LogP contribution is -2.65. The Hall–Kier alpha value is -3.31. The van der Waals surface area contributed by atoms with E-state index in [1.54, 1.807) is 0 Å². The molecule has 15 atom stereocenters. The predicted octanol–water partition coefficient (Wildman–Crippen LogP) is -2.60. The van der Waals surface area contributed by atoms with Gasteiger partial charge in [0, 0.05) is 6.08 Å². The van der Waals surface area contributed by atoms with Gasteiger partial charge >= 0.3 is 5.97 Å². The number of phenols is 2. The molecule has 5 rings (SSSR count). The van der Waals surface area contributed by atoms with Gasteiger partial charge in [-0.1, -0.05) is 36.4 Å². The van der Waals surface area contributed by atoms with Gasteiger partial charge in [0.1, 0.15) is 61.0 Å². The summed E-state index contributed by atoms with van der Waals surface area (Å²) in [6.45, 7) is 0.0634. The fraction of sp³-hybridized carbons (Fsp3) is 0.571. The number of benzene rings is 2. The molecule has 3 aliphatic rings. The SMILES string of the molecule is CC1OC(OC2C(O)C(OCCc3ccccc3)OC(COC3OC(CO)C(O)C(O)C3O)C2OC(=O)C=Cc2ccc(O)c(O)c2)C(O)C(O)C1O. The van der Waals surface area contributed by atoms with Crippen molar-refractivity contribution >= 4 is 12.0 Å². The summed E-state index contributed by atoms with van der Waals surface area (Å²) in [5.41, 5.74) is 1.19. The normalized spacial score (nSPS) is 37.8. The molecule has 0 saturated carbocycles. The smallest absolute Gasteiger partial charge is 0.331 e. The third-order valence-electron chi connectivity index (χ3n) is 9.17. The molecule has 0 aliphatic carbocycles. The second-order valence-corrected chi connectivity index (χ2v) is 12.9. The Labute approximate surface area is 303 Å². The zero-order valence-electron chi connectivity index (χ0n) is 28.5. The van der Waals surface area contributed by atoms with Crippen molar-refractivity contribution in [2.24, 2.45) is 0 Å². The maximum absolute atomic E-state index is 13.3. The standard InChI is InChI=1S/C35H46O18/c1-16-24(40)26(42)29(45)35(49-16)53-32-30(46)34(47-12-11-17-5-3-2-4-6-17)51-22(15-48-33-28(44)27(43)25(41)21(14-36)50-33)31(32)52-23(39)10-8-18-7-9-19(37)20(38)13-18/h2-10,13,16,21-22,24-38,40-46H,11-12,14-15H2,1H3. The van der Waals surface area contributed by atoms with Gasteiger partial charge in [-0.25, -0.2) is 4.79 Å². The fourth-order valence-corrected chi connectivity index (χ4v) is 6.06. The average molecular weight is 755 g/mol. The maximum Gasteiger partial charge on any atom is 0.331 e. The zero-order chi connectivity index (χ0) is 38.4.